The van der Waals surface area contributed by atoms with Crippen LogP contribution in [-0.4, -0.2) is 49.1 Å². The van der Waals surface area contributed by atoms with E-state index in [1.54, 1.807) is 42.3 Å². The molecule has 1 aliphatic heterocycles. The van der Waals surface area contributed by atoms with Crippen molar-refractivity contribution in [2.75, 3.05) is 21.3 Å². The van der Waals surface area contributed by atoms with Crippen LogP contribution in [0.4, 0.5) is 0 Å². The molecule has 32 heavy (non-hydrogen) atoms. The van der Waals surface area contributed by atoms with Crippen LogP contribution in [0.3, 0.4) is 0 Å². The van der Waals surface area contributed by atoms with Crippen molar-refractivity contribution < 1.29 is 28.9 Å². The van der Waals surface area contributed by atoms with Gasteiger partial charge in [-0.1, -0.05) is 25.0 Å². The summed E-state index contributed by atoms with van der Waals surface area (Å²) in [5, 5.41) is 11.3. The second-order valence-electron chi connectivity index (χ2n) is 7.98. The number of likely N-dealkylation sites (tertiary alicyclic amines) is 1. The van der Waals surface area contributed by atoms with E-state index in [2.05, 4.69) is 0 Å². The van der Waals surface area contributed by atoms with Gasteiger partial charge in [0.1, 0.15) is 23.0 Å². The van der Waals surface area contributed by atoms with Crippen LogP contribution in [0.15, 0.2) is 48.0 Å². The lowest BCUT2D eigenvalue weighted by Crippen LogP contribution is -2.37. The van der Waals surface area contributed by atoms with Crippen LogP contribution < -0.4 is 14.2 Å². The fourth-order valence-electron chi connectivity index (χ4n) is 4.66. The van der Waals surface area contributed by atoms with Crippen molar-refractivity contribution in [1.29, 1.82) is 0 Å². The average molecular weight is 437 g/mol. The maximum absolute atomic E-state index is 13.2. The summed E-state index contributed by atoms with van der Waals surface area (Å²) in [6, 6.07) is 11.4. The molecule has 1 unspecified atom stereocenters. The lowest BCUT2D eigenvalue weighted by atomic mass is 9.94. The van der Waals surface area contributed by atoms with E-state index < -0.39 is 17.7 Å². The van der Waals surface area contributed by atoms with E-state index in [1.807, 2.05) is 12.1 Å². The number of methoxy groups -OCH3 is 3. The molecule has 0 spiro atoms. The zero-order chi connectivity index (χ0) is 22.8. The van der Waals surface area contributed by atoms with E-state index >= 15 is 0 Å². The summed E-state index contributed by atoms with van der Waals surface area (Å²) in [6.45, 7) is 0. The number of ketones is 1. The summed E-state index contributed by atoms with van der Waals surface area (Å²) < 4.78 is 15.9. The van der Waals surface area contributed by atoms with Gasteiger partial charge in [0.25, 0.3) is 11.7 Å². The standard InChI is InChI=1S/C25H27NO6/c1-30-17-10-8-15(9-11-17)22-21(24(28)25(29)26(22)16-6-4-5-7-16)23(27)19-13-12-18(31-2)14-20(19)32-3/h8-14,16,22,27H,4-7H2,1-3H3/b23-21-. The molecule has 0 bridgehead atoms. The Hall–Kier alpha value is -3.48. The van der Waals surface area contributed by atoms with Crippen molar-refractivity contribution in [2.45, 2.75) is 37.8 Å². The number of hydrogen-bond donors (Lipinski definition) is 1. The zero-order valence-electron chi connectivity index (χ0n) is 18.5. The first-order chi connectivity index (χ1) is 15.5. The number of ether oxygens (including phenoxy) is 3. The normalized spacial score (nSPS) is 20.6. The summed E-state index contributed by atoms with van der Waals surface area (Å²) in [4.78, 5) is 28.0. The summed E-state index contributed by atoms with van der Waals surface area (Å²) in [5.41, 5.74) is 1.14. The van der Waals surface area contributed by atoms with Crippen LogP contribution in [0.1, 0.15) is 42.9 Å². The molecule has 0 aromatic heterocycles. The molecule has 1 saturated heterocycles. The molecule has 1 aliphatic carbocycles. The molecule has 1 saturated carbocycles. The van der Waals surface area contributed by atoms with Crippen molar-refractivity contribution in [2.24, 2.45) is 0 Å². The van der Waals surface area contributed by atoms with Crippen LogP contribution in [0.5, 0.6) is 17.2 Å². The predicted molar refractivity (Wildman–Crippen MR) is 119 cm³/mol. The molecule has 0 radical (unpaired) electrons. The maximum Gasteiger partial charge on any atom is 0.295 e. The fraction of sp³-hybridized carbons (Fsp3) is 0.360. The Bertz CT molecular complexity index is 1050. The summed E-state index contributed by atoms with van der Waals surface area (Å²) >= 11 is 0. The van der Waals surface area contributed by atoms with Gasteiger partial charge in [-0.25, -0.2) is 0 Å². The van der Waals surface area contributed by atoms with Gasteiger partial charge in [0.15, 0.2) is 0 Å². The minimum Gasteiger partial charge on any atom is -0.507 e. The quantitative estimate of drug-likeness (QED) is 0.417. The largest absolute Gasteiger partial charge is 0.507 e. The second kappa shape index (κ2) is 8.94. The monoisotopic (exact) mass is 437 g/mol. The number of rotatable bonds is 6. The van der Waals surface area contributed by atoms with E-state index in [-0.39, 0.29) is 17.4 Å². The molecule has 1 atom stereocenters. The smallest absolute Gasteiger partial charge is 0.295 e. The Labute approximate surface area is 187 Å². The van der Waals surface area contributed by atoms with Gasteiger partial charge in [-0.3, -0.25) is 9.59 Å². The number of Topliss-reactive ketones (excluding diaryl/α,β-unsaturated/α-hetero) is 1. The number of nitrogens with zero attached hydrogens (tertiary/aromatic N) is 1. The van der Waals surface area contributed by atoms with E-state index in [4.69, 9.17) is 14.2 Å². The summed E-state index contributed by atoms with van der Waals surface area (Å²) in [7, 11) is 4.59. The lowest BCUT2D eigenvalue weighted by Gasteiger charge is -2.30. The Morgan fingerprint density at radius 2 is 1.53 bits per heavy atom. The second-order valence-corrected chi connectivity index (χ2v) is 7.98. The molecule has 2 aliphatic rings. The van der Waals surface area contributed by atoms with Crippen molar-refractivity contribution >= 4 is 17.4 Å². The molecule has 2 fully saturated rings. The summed E-state index contributed by atoms with van der Waals surface area (Å²) in [5.74, 6) is 0.0475. The zero-order valence-corrected chi connectivity index (χ0v) is 18.5. The van der Waals surface area contributed by atoms with E-state index in [1.165, 1.54) is 14.2 Å². The molecule has 7 nitrogen and oxygen atoms in total. The van der Waals surface area contributed by atoms with Gasteiger partial charge in [-0.05, 0) is 42.7 Å². The SMILES string of the molecule is COc1ccc(C2/C(=C(/O)c3ccc(OC)cc3OC)C(=O)C(=O)N2C2CCCC2)cc1. The van der Waals surface area contributed by atoms with E-state index in [0.717, 1.165) is 31.2 Å². The molecule has 1 N–H and O–H groups in total. The Morgan fingerprint density at radius 3 is 2.12 bits per heavy atom. The van der Waals surface area contributed by atoms with Gasteiger partial charge < -0.3 is 24.2 Å². The number of benzene rings is 2. The van der Waals surface area contributed by atoms with Crippen molar-refractivity contribution in [3.63, 3.8) is 0 Å². The average Bonchev–Trinajstić information content (AvgIpc) is 3.45. The van der Waals surface area contributed by atoms with E-state index in [0.29, 0.717) is 22.8 Å². The molecule has 1 heterocycles. The van der Waals surface area contributed by atoms with Crippen molar-refractivity contribution in [3.8, 4) is 17.2 Å². The van der Waals surface area contributed by atoms with E-state index in [9.17, 15) is 14.7 Å². The molecular weight excluding hydrogens is 410 g/mol. The predicted octanol–water partition coefficient (Wildman–Crippen LogP) is 4.08. The van der Waals surface area contributed by atoms with Crippen LogP contribution in [0.2, 0.25) is 0 Å². The highest BCUT2D eigenvalue weighted by atomic mass is 16.5. The molecule has 168 valence electrons. The minimum absolute atomic E-state index is 0.0402. The first-order valence-electron chi connectivity index (χ1n) is 10.7. The first kappa shape index (κ1) is 21.7. The van der Waals surface area contributed by atoms with Crippen LogP contribution in [0, 0.1) is 0 Å². The van der Waals surface area contributed by atoms with Gasteiger partial charge in [-0.15, -0.1) is 0 Å². The molecule has 4 rings (SSSR count). The van der Waals surface area contributed by atoms with Crippen LogP contribution >= 0.6 is 0 Å². The minimum atomic E-state index is -0.687. The van der Waals surface area contributed by atoms with Crippen LogP contribution in [-0.2, 0) is 9.59 Å². The molecule has 1 amide bonds. The van der Waals surface area contributed by atoms with Gasteiger partial charge in [-0.2, -0.15) is 0 Å². The molecule has 7 heteroatoms. The molecular formula is C25H27NO6. The Balaban J connectivity index is 1.89. The third kappa shape index (κ3) is 3.68. The number of amides is 1. The van der Waals surface area contributed by atoms with Gasteiger partial charge in [0.05, 0.1) is 38.5 Å². The van der Waals surface area contributed by atoms with Crippen molar-refractivity contribution in [1.82, 2.24) is 4.90 Å². The summed E-state index contributed by atoms with van der Waals surface area (Å²) in [6.07, 6.45) is 3.70. The maximum atomic E-state index is 13.2. The number of carbonyl (C=O) groups excluding carboxylic acids is 2. The molecule has 2 aromatic rings. The van der Waals surface area contributed by atoms with Crippen LogP contribution in [0.25, 0.3) is 5.76 Å². The van der Waals surface area contributed by atoms with Gasteiger partial charge in [0, 0.05) is 12.1 Å². The number of carbonyl (C=O) groups is 2. The Morgan fingerprint density at radius 1 is 0.906 bits per heavy atom. The highest BCUT2D eigenvalue weighted by Gasteiger charge is 2.49. The number of hydrogen-bond acceptors (Lipinski definition) is 6. The third-order valence-corrected chi connectivity index (χ3v) is 6.29. The Kier molecular flexibility index (Phi) is 6.08. The lowest BCUT2D eigenvalue weighted by molar-refractivity contribution is -0.141. The topological polar surface area (TPSA) is 85.3 Å². The number of aliphatic hydroxyl groups excluding tert-OH is 1. The van der Waals surface area contributed by atoms with Gasteiger partial charge >= 0.3 is 0 Å². The molecule has 2 aromatic carbocycles. The van der Waals surface area contributed by atoms with Gasteiger partial charge in [0.2, 0.25) is 0 Å². The van der Waals surface area contributed by atoms with Crippen molar-refractivity contribution in [3.05, 3.63) is 59.2 Å². The fourth-order valence-corrected chi connectivity index (χ4v) is 4.66. The highest BCUT2D eigenvalue weighted by molar-refractivity contribution is 6.46. The number of aliphatic hydroxyl groups is 1. The highest BCUT2D eigenvalue weighted by Crippen LogP contribution is 2.44. The third-order valence-electron chi connectivity index (χ3n) is 6.29. The first-order valence-corrected chi connectivity index (χ1v) is 10.7.